The number of aromatic nitrogens is 3. The van der Waals surface area contributed by atoms with Crippen molar-refractivity contribution in [1.29, 1.82) is 0 Å². The molecule has 1 aliphatic carbocycles. The molecule has 0 unspecified atom stereocenters. The van der Waals surface area contributed by atoms with Crippen LogP contribution in [0.25, 0.3) is 5.65 Å². The molecule has 0 aliphatic heterocycles. The quantitative estimate of drug-likeness (QED) is 0.699. The topological polar surface area (TPSA) is 77.5 Å². The van der Waals surface area contributed by atoms with Gasteiger partial charge in [0.1, 0.15) is 6.10 Å². The Morgan fingerprint density at radius 2 is 1.75 bits per heavy atom. The van der Waals surface area contributed by atoms with E-state index in [9.17, 15) is 13.2 Å². The normalized spacial score (nSPS) is 20.3. The van der Waals surface area contributed by atoms with E-state index in [1.165, 1.54) is 12.1 Å². The van der Waals surface area contributed by atoms with Crippen LogP contribution in [0, 0.1) is 0 Å². The monoisotopic (exact) mass is 391 g/mol. The first-order chi connectivity index (χ1) is 13.4. The lowest BCUT2D eigenvalue weighted by molar-refractivity contribution is -0.137. The zero-order valence-corrected chi connectivity index (χ0v) is 15.0. The molecule has 1 aromatic carbocycles. The summed E-state index contributed by atoms with van der Waals surface area (Å²) in [5.74, 6) is 0.854. The van der Waals surface area contributed by atoms with E-state index < -0.39 is 11.7 Å². The summed E-state index contributed by atoms with van der Waals surface area (Å²) in [6.45, 7) is 0. The molecule has 28 heavy (non-hydrogen) atoms. The van der Waals surface area contributed by atoms with Crippen molar-refractivity contribution in [1.82, 2.24) is 14.6 Å². The van der Waals surface area contributed by atoms with Gasteiger partial charge in [-0.15, -0.1) is 5.10 Å². The van der Waals surface area contributed by atoms with Crippen molar-refractivity contribution in [2.75, 3.05) is 5.32 Å². The predicted molar refractivity (Wildman–Crippen MR) is 98.6 cm³/mol. The van der Waals surface area contributed by atoms with E-state index in [0.29, 0.717) is 17.2 Å². The Kier molecular flexibility index (Phi) is 4.84. The molecule has 0 spiro atoms. The molecule has 3 aromatic rings. The molecule has 6 nitrogen and oxygen atoms in total. The molecule has 1 aliphatic rings. The zero-order valence-electron chi connectivity index (χ0n) is 15.0. The Labute approximate surface area is 159 Å². The maximum atomic E-state index is 12.7. The maximum Gasteiger partial charge on any atom is 0.416 e. The Balaban J connectivity index is 1.51. The second-order valence-electron chi connectivity index (χ2n) is 6.92. The molecule has 0 radical (unpaired) electrons. The molecule has 0 saturated heterocycles. The SMILES string of the molecule is N[C@H]1CC[C@H](Oc2cccc3nc(Nc4ccc(C(F)(F)F)cc4)nn23)CC1. The number of fused-ring (bicyclic) bond motifs is 1. The van der Waals surface area contributed by atoms with E-state index >= 15 is 0 Å². The van der Waals surface area contributed by atoms with Gasteiger partial charge < -0.3 is 15.8 Å². The summed E-state index contributed by atoms with van der Waals surface area (Å²) in [5, 5.41) is 7.31. The number of nitrogens with one attached hydrogen (secondary N) is 1. The fraction of sp³-hybridized carbons (Fsp3) is 0.368. The molecule has 1 fully saturated rings. The van der Waals surface area contributed by atoms with Gasteiger partial charge in [0.25, 0.3) is 0 Å². The second-order valence-corrected chi connectivity index (χ2v) is 6.92. The number of hydrogen-bond acceptors (Lipinski definition) is 5. The highest BCUT2D eigenvalue weighted by molar-refractivity contribution is 5.56. The van der Waals surface area contributed by atoms with Crippen LogP contribution in [-0.4, -0.2) is 26.7 Å². The first-order valence-corrected chi connectivity index (χ1v) is 9.11. The highest BCUT2D eigenvalue weighted by Gasteiger charge is 2.30. The minimum atomic E-state index is -4.37. The van der Waals surface area contributed by atoms with Gasteiger partial charge in [-0.2, -0.15) is 22.7 Å². The molecular weight excluding hydrogens is 371 g/mol. The largest absolute Gasteiger partial charge is 0.474 e. The third-order valence-electron chi connectivity index (χ3n) is 4.80. The fourth-order valence-electron chi connectivity index (χ4n) is 3.27. The number of nitrogens with two attached hydrogens (primary N) is 1. The summed E-state index contributed by atoms with van der Waals surface area (Å²) >= 11 is 0. The van der Waals surface area contributed by atoms with Crippen molar-refractivity contribution < 1.29 is 17.9 Å². The minimum Gasteiger partial charge on any atom is -0.474 e. The summed E-state index contributed by atoms with van der Waals surface area (Å²) in [6, 6.07) is 10.4. The van der Waals surface area contributed by atoms with Crippen LogP contribution >= 0.6 is 0 Å². The van der Waals surface area contributed by atoms with Crippen LogP contribution in [0.5, 0.6) is 5.88 Å². The van der Waals surface area contributed by atoms with Crippen LogP contribution in [0.2, 0.25) is 0 Å². The van der Waals surface area contributed by atoms with Gasteiger partial charge in [0.2, 0.25) is 11.8 Å². The number of rotatable bonds is 4. The summed E-state index contributed by atoms with van der Waals surface area (Å²) in [5.41, 5.74) is 6.28. The van der Waals surface area contributed by atoms with Gasteiger partial charge in [0, 0.05) is 17.8 Å². The molecule has 9 heteroatoms. The number of ether oxygens (including phenoxy) is 1. The van der Waals surface area contributed by atoms with E-state index in [0.717, 1.165) is 37.8 Å². The smallest absolute Gasteiger partial charge is 0.416 e. The van der Waals surface area contributed by atoms with Crippen molar-refractivity contribution in [2.45, 2.75) is 44.0 Å². The number of alkyl halides is 3. The third-order valence-corrected chi connectivity index (χ3v) is 4.80. The number of halogens is 3. The van der Waals surface area contributed by atoms with Gasteiger partial charge in [-0.05, 0) is 56.0 Å². The maximum absolute atomic E-state index is 12.7. The van der Waals surface area contributed by atoms with E-state index in [4.69, 9.17) is 10.5 Å². The number of anilines is 2. The Bertz CT molecular complexity index is 946. The van der Waals surface area contributed by atoms with Crippen molar-refractivity contribution in [3.05, 3.63) is 48.0 Å². The zero-order chi connectivity index (χ0) is 19.7. The molecule has 0 atom stereocenters. The first kappa shape index (κ1) is 18.5. The highest BCUT2D eigenvalue weighted by Crippen LogP contribution is 2.30. The third kappa shape index (κ3) is 4.04. The van der Waals surface area contributed by atoms with Crippen molar-refractivity contribution in [3.63, 3.8) is 0 Å². The van der Waals surface area contributed by atoms with Gasteiger partial charge in [-0.3, -0.25) is 0 Å². The lowest BCUT2D eigenvalue weighted by atomic mass is 9.94. The van der Waals surface area contributed by atoms with Crippen LogP contribution in [0.4, 0.5) is 24.8 Å². The van der Waals surface area contributed by atoms with Gasteiger partial charge in [0.15, 0.2) is 5.65 Å². The summed E-state index contributed by atoms with van der Waals surface area (Å²) in [7, 11) is 0. The van der Waals surface area contributed by atoms with Crippen LogP contribution in [0.1, 0.15) is 31.2 Å². The fourth-order valence-corrected chi connectivity index (χ4v) is 3.27. The molecular formula is C19H20F3N5O. The van der Waals surface area contributed by atoms with Crippen LogP contribution in [0.3, 0.4) is 0 Å². The molecule has 0 amide bonds. The molecule has 3 N–H and O–H groups in total. The molecule has 0 bridgehead atoms. The van der Waals surface area contributed by atoms with Crippen LogP contribution in [0.15, 0.2) is 42.5 Å². The average molecular weight is 391 g/mol. The molecule has 4 rings (SSSR count). The lowest BCUT2D eigenvalue weighted by Gasteiger charge is -2.26. The molecule has 148 valence electrons. The number of hydrogen-bond donors (Lipinski definition) is 2. The van der Waals surface area contributed by atoms with Crippen LogP contribution in [-0.2, 0) is 6.18 Å². The van der Waals surface area contributed by atoms with Gasteiger partial charge in [-0.1, -0.05) is 6.07 Å². The summed E-state index contributed by atoms with van der Waals surface area (Å²) in [4.78, 5) is 4.36. The van der Waals surface area contributed by atoms with Crippen molar-refractivity contribution in [3.8, 4) is 5.88 Å². The highest BCUT2D eigenvalue weighted by atomic mass is 19.4. The minimum absolute atomic E-state index is 0.0842. The lowest BCUT2D eigenvalue weighted by Crippen LogP contribution is -2.32. The Morgan fingerprint density at radius 3 is 2.43 bits per heavy atom. The second kappa shape index (κ2) is 7.31. The Morgan fingerprint density at radius 1 is 1.04 bits per heavy atom. The van der Waals surface area contributed by atoms with Gasteiger partial charge in [-0.25, -0.2) is 0 Å². The van der Waals surface area contributed by atoms with Crippen molar-refractivity contribution in [2.24, 2.45) is 5.73 Å². The number of benzene rings is 1. The van der Waals surface area contributed by atoms with Gasteiger partial charge >= 0.3 is 6.18 Å². The number of pyridine rings is 1. The first-order valence-electron chi connectivity index (χ1n) is 9.11. The van der Waals surface area contributed by atoms with E-state index in [2.05, 4.69) is 15.4 Å². The van der Waals surface area contributed by atoms with Crippen LogP contribution < -0.4 is 15.8 Å². The van der Waals surface area contributed by atoms with E-state index in [1.807, 2.05) is 12.1 Å². The summed E-state index contributed by atoms with van der Waals surface area (Å²) in [6.07, 6.45) is -0.640. The van der Waals surface area contributed by atoms with E-state index in [-0.39, 0.29) is 18.1 Å². The van der Waals surface area contributed by atoms with Crippen molar-refractivity contribution >= 4 is 17.3 Å². The molecule has 2 heterocycles. The average Bonchev–Trinajstić information content (AvgIpc) is 3.07. The van der Waals surface area contributed by atoms with Gasteiger partial charge in [0.05, 0.1) is 5.56 Å². The molecule has 1 saturated carbocycles. The summed E-state index contributed by atoms with van der Waals surface area (Å²) < 4.78 is 45.7. The van der Waals surface area contributed by atoms with E-state index in [1.54, 1.807) is 10.6 Å². The predicted octanol–water partition coefficient (Wildman–Crippen LogP) is 4.14. The molecule has 2 aromatic heterocycles. The Hall–Kier alpha value is -2.81. The number of nitrogens with zero attached hydrogens (tertiary/aromatic N) is 3. The standard InChI is InChI=1S/C19H20F3N5O/c20-19(21,22)12-4-8-14(9-5-12)24-18-25-16-2-1-3-17(27(16)26-18)28-15-10-6-13(23)7-11-15/h1-5,8-9,13,15H,6-7,10-11,23H2,(H,24,26)/t13-,15-.